The first-order valence-electron chi connectivity index (χ1n) is 9.74. The molecule has 1 aromatic carbocycles. The first-order chi connectivity index (χ1) is 12.6. The number of carbonyl (C=O) groups is 1. The van der Waals surface area contributed by atoms with Crippen molar-refractivity contribution >= 4 is 5.97 Å². The maximum atomic E-state index is 12.0. The van der Waals surface area contributed by atoms with Crippen molar-refractivity contribution in [1.29, 1.82) is 0 Å². The van der Waals surface area contributed by atoms with E-state index in [4.69, 9.17) is 14.2 Å². The molecule has 0 aromatic heterocycles. The maximum absolute atomic E-state index is 12.0. The van der Waals surface area contributed by atoms with E-state index in [1.165, 1.54) is 6.42 Å². The molecule has 150 valence electrons. The van der Waals surface area contributed by atoms with Gasteiger partial charge in [-0.05, 0) is 48.1 Å². The summed E-state index contributed by atoms with van der Waals surface area (Å²) in [6.07, 6.45) is 3.29. The molecule has 0 unspecified atom stereocenters. The minimum absolute atomic E-state index is 0.0702. The van der Waals surface area contributed by atoms with Gasteiger partial charge in [0.2, 0.25) is 0 Å². The number of fused-ring (bicyclic) bond motifs is 1. The molecule has 1 aromatic rings. The number of carboxylic acids is 1. The Morgan fingerprint density at radius 1 is 1.19 bits per heavy atom. The smallest absolute Gasteiger partial charge is 0.310 e. The van der Waals surface area contributed by atoms with Crippen LogP contribution in [0.2, 0.25) is 0 Å². The SMILES string of the molecule is CO[C@H]1O[C@H](OC)c2c1ccc([C@@]1(C)CCCC(C)(C)C1)c2[C@H](C)C(=O)O. The van der Waals surface area contributed by atoms with Gasteiger partial charge in [0.25, 0.3) is 0 Å². The molecule has 4 atom stereocenters. The van der Waals surface area contributed by atoms with Gasteiger partial charge in [-0.1, -0.05) is 39.3 Å². The lowest BCUT2D eigenvalue weighted by Crippen LogP contribution is -2.36. The van der Waals surface area contributed by atoms with E-state index in [1.54, 1.807) is 21.1 Å². The van der Waals surface area contributed by atoms with Gasteiger partial charge in [-0.2, -0.15) is 0 Å². The van der Waals surface area contributed by atoms with E-state index in [0.29, 0.717) is 0 Å². The van der Waals surface area contributed by atoms with Crippen molar-refractivity contribution < 1.29 is 24.1 Å². The molecule has 1 N–H and O–H groups in total. The molecule has 1 aliphatic heterocycles. The number of ether oxygens (including phenoxy) is 3. The summed E-state index contributed by atoms with van der Waals surface area (Å²) < 4.78 is 16.9. The number of hydrogen-bond donors (Lipinski definition) is 1. The number of carboxylic acid groups (broad SMARTS) is 1. The standard InChI is InChI=1S/C22H32O5/c1-13(18(23)24)16-15(22(4)11-7-10-21(2,3)12-22)9-8-14-17(16)20(26-6)27-19(14)25-5/h8-9,13,19-20H,7,10-12H2,1-6H3,(H,23,24)/t13-,19-,20-,22-/m0/s1. The van der Waals surface area contributed by atoms with Crippen molar-refractivity contribution in [3.8, 4) is 0 Å². The van der Waals surface area contributed by atoms with Gasteiger partial charge in [0.1, 0.15) is 0 Å². The molecular weight excluding hydrogens is 344 g/mol. The van der Waals surface area contributed by atoms with Crippen LogP contribution in [0.1, 0.15) is 94.1 Å². The lowest BCUT2D eigenvalue weighted by molar-refractivity contribution is -0.217. The molecule has 0 spiro atoms. The number of aliphatic carboxylic acids is 1. The summed E-state index contributed by atoms with van der Waals surface area (Å²) in [6, 6.07) is 4.13. The van der Waals surface area contributed by atoms with E-state index in [-0.39, 0.29) is 10.8 Å². The molecule has 0 amide bonds. The predicted octanol–water partition coefficient (Wildman–Crippen LogP) is 5.05. The third-order valence-corrected chi connectivity index (χ3v) is 6.39. The minimum Gasteiger partial charge on any atom is -0.481 e. The monoisotopic (exact) mass is 376 g/mol. The number of hydrogen-bond acceptors (Lipinski definition) is 4. The zero-order valence-electron chi connectivity index (χ0n) is 17.3. The van der Waals surface area contributed by atoms with Crippen LogP contribution in [-0.2, 0) is 24.4 Å². The third-order valence-electron chi connectivity index (χ3n) is 6.39. The highest BCUT2D eigenvalue weighted by molar-refractivity contribution is 5.77. The van der Waals surface area contributed by atoms with Crippen LogP contribution in [0, 0.1) is 5.41 Å². The van der Waals surface area contributed by atoms with Crippen LogP contribution < -0.4 is 0 Å². The van der Waals surface area contributed by atoms with Gasteiger partial charge in [-0.15, -0.1) is 0 Å². The minimum atomic E-state index is -0.834. The molecule has 0 saturated heterocycles. The molecule has 3 rings (SSSR count). The van der Waals surface area contributed by atoms with E-state index >= 15 is 0 Å². The molecule has 1 fully saturated rings. The summed E-state index contributed by atoms with van der Waals surface area (Å²) in [4.78, 5) is 12.0. The Balaban J connectivity index is 2.22. The molecule has 0 radical (unpaired) electrons. The van der Waals surface area contributed by atoms with E-state index in [9.17, 15) is 9.90 Å². The molecule has 1 aliphatic carbocycles. The normalized spacial score (nSPS) is 30.7. The van der Waals surface area contributed by atoms with Crippen molar-refractivity contribution in [2.75, 3.05) is 14.2 Å². The summed E-state index contributed by atoms with van der Waals surface area (Å²) in [7, 11) is 3.17. The number of methoxy groups -OCH3 is 2. The van der Waals surface area contributed by atoms with Gasteiger partial charge in [-0.25, -0.2) is 0 Å². The highest BCUT2D eigenvalue weighted by Gasteiger charge is 2.44. The molecule has 5 nitrogen and oxygen atoms in total. The van der Waals surface area contributed by atoms with Crippen molar-refractivity contribution in [3.63, 3.8) is 0 Å². The highest BCUT2D eigenvalue weighted by atomic mass is 16.8. The van der Waals surface area contributed by atoms with Crippen LogP contribution in [0.15, 0.2) is 12.1 Å². The molecule has 0 bridgehead atoms. The fourth-order valence-corrected chi connectivity index (χ4v) is 5.27. The zero-order chi connectivity index (χ0) is 20.0. The molecule has 1 saturated carbocycles. The van der Waals surface area contributed by atoms with Crippen molar-refractivity contribution in [3.05, 3.63) is 34.4 Å². The van der Waals surface area contributed by atoms with Gasteiger partial charge >= 0.3 is 5.97 Å². The summed E-state index contributed by atoms with van der Waals surface area (Å²) in [5.41, 5.74) is 3.83. The van der Waals surface area contributed by atoms with Gasteiger partial charge in [-0.3, -0.25) is 4.79 Å². The second kappa shape index (κ2) is 7.19. The Kier molecular flexibility index (Phi) is 5.41. The second-order valence-electron chi connectivity index (χ2n) is 9.12. The van der Waals surface area contributed by atoms with Crippen LogP contribution >= 0.6 is 0 Å². The van der Waals surface area contributed by atoms with Crippen LogP contribution in [0.25, 0.3) is 0 Å². The molecule has 27 heavy (non-hydrogen) atoms. The Morgan fingerprint density at radius 3 is 2.41 bits per heavy atom. The summed E-state index contributed by atoms with van der Waals surface area (Å²) in [5, 5.41) is 9.85. The van der Waals surface area contributed by atoms with E-state index < -0.39 is 24.5 Å². The average Bonchev–Trinajstić information content (AvgIpc) is 2.97. The summed E-state index contributed by atoms with van der Waals surface area (Å²) in [5.74, 6) is -1.48. The first kappa shape index (κ1) is 20.3. The van der Waals surface area contributed by atoms with Gasteiger partial charge in [0.05, 0.1) is 5.92 Å². The Hall–Kier alpha value is -1.43. The Labute approximate surface area is 162 Å². The summed E-state index contributed by atoms with van der Waals surface area (Å²) in [6.45, 7) is 8.64. The first-order valence-corrected chi connectivity index (χ1v) is 9.74. The Bertz CT molecular complexity index is 726. The van der Waals surface area contributed by atoms with Crippen LogP contribution in [0.5, 0.6) is 0 Å². The number of rotatable bonds is 5. The number of benzene rings is 1. The quantitative estimate of drug-likeness (QED) is 0.779. The molecule has 1 heterocycles. The van der Waals surface area contributed by atoms with E-state index in [0.717, 1.165) is 41.5 Å². The maximum Gasteiger partial charge on any atom is 0.310 e. The molecule has 2 aliphatic rings. The van der Waals surface area contributed by atoms with Crippen LogP contribution in [0.3, 0.4) is 0 Å². The fraction of sp³-hybridized carbons (Fsp3) is 0.682. The van der Waals surface area contributed by atoms with Gasteiger partial charge < -0.3 is 19.3 Å². The van der Waals surface area contributed by atoms with Crippen molar-refractivity contribution in [2.45, 2.75) is 77.3 Å². The fourth-order valence-electron chi connectivity index (χ4n) is 5.27. The summed E-state index contributed by atoms with van der Waals surface area (Å²) >= 11 is 0. The Morgan fingerprint density at radius 2 is 1.85 bits per heavy atom. The second-order valence-corrected chi connectivity index (χ2v) is 9.12. The van der Waals surface area contributed by atoms with Crippen molar-refractivity contribution in [2.24, 2.45) is 5.41 Å². The van der Waals surface area contributed by atoms with Gasteiger partial charge in [0, 0.05) is 25.3 Å². The average molecular weight is 376 g/mol. The lowest BCUT2D eigenvalue weighted by atomic mass is 9.60. The topological polar surface area (TPSA) is 65.0 Å². The zero-order valence-corrected chi connectivity index (χ0v) is 17.3. The predicted molar refractivity (Wildman–Crippen MR) is 103 cm³/mol. The van der Waals surface area contributed by atoms with Crippen LogP contribution in [0.4, 0.5) is 0 Å². The van der Waals surface area contributed by atoms with E-state index in [2.05, 4.69) is 26.8 Å². The van der Waals surface area contributed by atoms with Gasteiger partial charge in [0.15, 0.2) is 12.6 Å². The van der Waals surface area contributed by atoms with E-state index in [1.807, 2.05) is 6.07 Å². The highest BCUT2D eigenvalue weighted by Crippen LogP contribution is 2.52. The van der Waals surface area contributed by atoms with Crippen molar-refractivity contribution in [1.82, 2.24) is 0 Å². The third kappa shape index (κ3) is 3.53. The molecular formula is C22H32O5. The lowest BCUT2D eigenvalue weighted by Gasteiger charge is -2.44. The largest absolute Gasteiger partial charge is 0.481 e. The molecule has 5 heteroatoms. The van der Waals surface area contributed by atoms with Crippen LogP contribution in [-0.4, -0.2) is 25.3 Å².